The van der Waals surface area contributed by atoms with E-state index in [4.69, 9.17) is 9.15 Å². The highest BCUT2D eigenvalue weighted by Crippen LogP contribution is 2.31. The summed E-state index contributed by atoms with van der Waals surface area (Å²) in [5.41, 5.74) is 3.38. The van der Waals surface area contributed by atoms with Crippen LogP contribution in [0.4, 0.5) is 0 Å². The molecule has 1 atom stereocenters. The van der Waals surface area contributed by atoms with Crippen LogP contribution >= 0.6 is 11.8 Å². The first-order chi connectivity index (χ1) is 12.9. The summed E-state index contributed by atoms with van der Waals surface area (Å²) in [4.78, 5) is 12.3. The number of hydrogen-bond donors (Lipinski definition) is 1. The summed E-state index contributed by atoms with van der Waals surface area (Å²) in [6, 6.07) is 16.2. The second-order valence-corrected chi connectivity index (χ2v) is 7.61. The number of aryl methyl sites for hydroxylation is 1. The van der Waals surface area contributed by atoms with Gasteiger partial charge in [-0.05, 0) is 38.1 Å². The average molecular weight is 382 g/mol. The lowest BCUT2D eigenvalue weighted by Gasteiger charge is -2.11. The second-order valence-electron chi connectivity index (χ2n) is 6.52. The maximum atomic E-state index is 11.4. The number of aliphatic hydroxyl groups excluding tert-OH is 1. The molecule has 1 aromatic heterocycles. The molecule has 0 radical (unpaired) electrons. The lowest BCUT2D eigenvalue weighted by Crippen LogP contribution is -2.21. The van der Waals surface area contributed by atoms with Gasteiger partial charge in [0.25, 0.3) is 0 Å². The first-order valence-electron chi connectivity index (χ1n) is 8.66. The molecule has 0 spiro atoms. The molecule has 2 aromatic carbocycles. The van der Waals surface area contributed by atoms with E-state index < -0.39 is 12.1 Å². The Morgan fingerprint density at radius 1 is 1.22 bits per heavy atom. The summed E-state index contributed by atoms with van der Waals surface area (Å²) < 4.78 is 11.0. The van der Waals surface area contributed by atoms with E-state index in [2.05, 4.69) is 25.6 Å². The molecule has 1 N–H and O–H groups in total. The van der Waals surface area contributed by atoms with Gasteiger partial charge in [0.05, 0.1) is 6.10 Å². The van der Waals surface area contributed by atoms with Crippen LogP contribution in [0.5, 0.6) is 0 Å². The zero-order valence-electron chi connectivity index (χ0n) is 15.4. The Morgan fingerprint density at radius 2 is 1.96 bits per heavy atom. The largest absolute Gasteiger partial charge is 0.460 e. The molecule has 27 heavy (non-hydrogen) atoms. The molecule has 3 aromatic rings. The van der Waals surface area contributed by atoms with Crippen molar-refractivity contribution in [2.45, 2.75) is 24.8 Å². The number of benzene rings is 2. The molecule has 0 amide bonds. The van der Waals surface area contributed by atoms with Crippen LogP contribution in [0.2, 0.25) is 0 Å². The normalized spacial score (nSPS) is 12.1. The molecule has 0 aliphatic heterocycles. The average Bonchev–Trinajstić information content (AvgIpc) is 3.08. The van der Waals surface area contributed by atoms with E-state index in [1.54, 1.807) is 6.92 Å². The van der Waals surface area contributed by atoms with Gasteiger partial charge in [0, 0.05) is 27.2 Å². The van der Waals surface area contributed by atoms with E-state index in [0.29, 0.717) is 11.3 Å². The number of fused-ring (bicyclic) bond motifs is 1. The quantitative estimate of drug-likeness (QED) is 0.355. The lowest BCUT2D eigenvalue weighted by molar-refractivity contribution is -0.141. The molecular formula is C22H22O4S. The highest BCUT2D eigenvalue weighted by atomic mass is 32.2. The zero-order valence-corrected chi connectivity index (χ0v) is 16.2. The minimum absolute atomic E-state index is 0.0424. The van der Waals surface area contributed by atoms with E-state index in [1.165, 1.54) is 17.3 Å². The minimum Gasteiger partial charge on any atom is -0.460 e. The van der Waals surface area contributed by atoms with Gasteiger partial charge in [0.2, 0.25) is 0 Å². The smallest absolute Gasteiger partial charge is 0.333 e. The van der Waals surface area contributed by atoms with Gasteiger partial charge in [-0.2, -0.15) is 0 Å². The number of thioether (sulfide) groups is 1. The predicted octanol–water partition coefficient (Wildman–Crippen LogP) is 4.98. The second kappa shape index (κ2) is 8.46. The van der Waals surface area contributed by atoms with Gasteiger partial charge in [-0.3, -0.25) is 0 Å². The Morgan fingerprint density at radius 3 is 2.67 bits per heavy atom. The third-order valence-electron chi connectivity index (χ3n) is 4.03. The molecule has 5 heteroatoms. The third-order valence-corrected chi connectivity index (χ3v) is 5.16. The molecule has 0 aliphatic rings. The summed E-state index contributed by atoms with van der Waals surface area (Å²) in [5.74, 6) is 0.763. The first kappa shape index (κ1) is 19.3. The third kappa shape index (κ3) is 5.02. The van der Waals surface area contributed by atoms with Crippen LogP contribution in [0.1, 0.15) is 12.5 Å². The Labute approximate surface area is 162 Å². The fraction of sp³-hybridized carbons (Fsp3) is 0.227. The molecule has 3 rings (SSSR count). The van der Waals surface area contributed by atoms with Gasteiger partial charge in [-0.1, -0.05) is 36.4 Å². The number of carbonyl (C=O) groups excluding carboxylic acids is 1. The molecular weight excluding hydrogens is 360 g/mol. The molecule has 0 fully saturated rings. The maximum Gasteiger partial charge on any atom is 0.333 e. The van der Waals surface area contributed by atoms with Crippen molar-refractivity contribution in [3.05, 3.63) is 66.2 Å². The molecule has 0 saturated carbocycles. The summed E-state index contributed by atoms with van der Waals surface area (Å²) in [6.45, 7) is 7.10. The van der Waals surface area contributed by atoms with E-state index >= 15 is 0 Å². The van der Waals surface area contributed by atoms with Gasteiger partial charge >= 0.3 is 5.97 Å². The number of carbonyl (C=O) groups is 1. The van der Waals surface area contributed by atoms with Crippen molar-refractivity contribution in [1.82, 2.24) is 0 Å². The predicted molar refractivity (Wildman–Crippen MR) is 109 cm³/mol. The number of furan rings is 1. The standard InChI is InChI=1S/C22H22O4S/c1-14(2)22(24)25-12-18(23)13-27-19-9-8-17-10-20(26-21(17)11-19)16-6-4-15(3)5-7-16/h4-11,18,23H,1,12-13H2,2-3H3. The summed E-state index contributed by atoms with van der Waals surface area (Å²) in [7, 11) is 0. The van der Waals surface area contributed by atoms with Crippen LogP contribution in [0, 0.1) is 6.92 Å². The molecule has 1 heterocycles. The monoisotopic (exact) mass is 382 g/mol. The van der Waals surface area contributed by atoms with E-state index in [-0.39, 0.29) is 6.61 Å². The molecule has 140 valence electrons. The van der Waals surface area contributed by atoms with Crippen molar-refractivity contribution in [1.29, 1.82) is 0 Å². The molecule has 0 saturated heterocycles. The fourth-order valence-electron chi connectivity index (χ4n) is 2.50. The Hall–Kier alpha value is -2.50. The van der Waals surface area contributed by atoms with Crippen molar-refractivity contribution in [2.75, 3.05) is 12.4 Å². The molecule has 0 bridgehead atoms. The van der Waals surface area contributed by atoms with Crippen molar-refractivity contribution >= 4 is 28.7 Å². The lowest BCUT2D eigenvalue weighted by atomic mass is 10.1. The highest BCUT2D eigenvalue weighted by molar-refractivity contribution is 7.99. The molecule has 4 nitrogen and oxygen atoms in total. The first-order valence-corrected chi connectivity index (χ1v) is 9.65. The van der Waals surface area contributed by atoms with E-state index in [1.807, 2.05) is 36.4 Å². The Kier molecular flexibility index (Phi) is 6.04. The Balaban J connectivity index is 1.63. The zero-order chi connectivity index (χ0) is 19.4. The summed E-state index contributed by atoms with van der Waals surface area (Å²) in [5, 5.41) is 11.0. The highest BCUT2D eigenvalue weighted by Gasteiger charge is 2.11. The number of esters is 1. The van der Waals surface area contributed by atoms with Gasteiger partial charge in [-0.25, -0.2) is 4.79 Å². The van der Waals surface area contributed by atoms with Crippen LogP contribution in [0.25, 0.3) is 22.3 Å². The van der Waals surface area contributed by atoms with Gasteiger partial charge < -0.3 is 14.3 Å². The fourth-order valence-corrected chi connectivity index (χ4v) is 3.33. The molecule has 0 aliphatic carbocycles. The number of aliphatic hydroxyl groups is 1. The van der Waals surface area contributed by atoms with E-state index in [0.717, 1.165) is 27.2 Å². The topological polar surface area (TPSA) is 59.7 Å². The van der Waals surface area contributed by atoms with Crippen LogP contribution < -0.4 is 0 Å². The van der Waals surface area contributed by atoms with E-state index in [9.17, 15) is 9.90 Å². The van der Waals surface area contributed by atoms with Crippen LogP contribution in [0.3, 0.4) is 0 Å². The Bertz CT molecular complexity index is 956. The van der Waals surface area contributed by atoms with Crippen LogP contribution in [-0.4, -0.2) is 29.5 Å². The molecule has 1 unspecified atom stereocenters. The van der Waals surface area contributed by atoms with Gasteiger partial charge in [-0.15, -0.1) is 11.8 Å². The van der Waals surface area contributed by atoms with Crippen molar-refractivity contribution in [3.63, 3.8) is 0 Å². The minimum atomic E-state index is -0.742. The number of hydrogen-bond acceptors (Lipinski definition) is 5. The van der Waals surface area contributed by atoms with Crippen molar-refractivity contribution < 1.29 is 19.1 Å². The summed E-state index contributed by atoms with van der Waals surface area (Å²) in [6.07, 6.45) is -0.742. The van der Waals surface area contributed by atoms with Crippen LogP contribution in [-0.2, 0) is 9.53 Å². The van der Waals surface area contributed by atoms with Crippen molar-refractivity contribution in [3.8, 4) is 11.3 Å². The summed E-state index contributed by atoms with van der Waals surface area (Å²) >= 11 is 1.49. The van der Waals surface area contributed by atoms with Crippen LogP contribution in [0.15, 0.2) is 70.0 Å². The number of ether oxygens (including phenoxy) is 1. The SMILES string of the molecule is C=C(C)C(=O)OCC(O)CSc1ccc2cc(-c3ccc(C)cc3)oc2c1. The van der Waals surface area contributed by atoms with Crippen molar-refractivity contribution in [2.24, 2.45) is 0 Å². The van der Waals surface area contributed by atoms with Gasteiger partial charge in [0.15, 0.2) is 0 Å². The van der Waals surface area contributed by atoms with Gasteiger partial charge in [0.1, 0.15) is 18.0 Å². The number of rotatable bonds is 7. The maximum absolute atomic E-state index is 11.4.